The number of hydrogen-bond acceptors (Lipinski definition) is 4. The molecule has 2 aromatic carbocycles. The van der Waals surface area contributed by atoms with Crippen molar-refractivity contribution >= 4 is 34.0 Å². The number of hydrogen-bond donors (Lipinski definition) is 2. The highest BCUT2D eigenvalue weighted by Gasteiger charge is 2.10. The van der Waals surface area contributed by atoms with Gasteiger partial charge in [-0.05, 0) is 36.4 Å². The van der Waals surface area contributed by atoms with Gasteiger partial charge in [0.05, 0.1) is 11.2 Å². The first-order chi connectivity index (χ1) is 13.6. The van der Waals surface area contributed by atoms with Crippen LogP contribution in [-0.4, -0.2) is 15.9 Å². The van der Waals surface area contributed by atoms with Crippen molar-refractivity contribution in [3.05, 3.63) is 90.3 Å². The number of nitrogens with one attached hydrogen (secondary N) is 2. The predicted molar refractivity (Wildman–Crippen MR) is 104 cm³/mol. The van der Waals surface area contributed by atoms with E-state index in [1.165, 1.54) is 18.3 Å². The SMILES string of the molecule is O=C(Nc1ccc(F)c(F)c1)c1ccnc(Nc2cccc3cccnc23)c1. The Morgan fingerprint density at radius 1 is 0.857 bits per heavy atom. The average molecular weight is 376 g/mol. The van der Waals surface area contributed by atoms with Crippen LogP contribution in [0.25, 0.3) is 10.9 Å². The molecule has 0 saturated heterocycles. The van der Waals surface area contributed by atoms with Crippen molar-refractivity contribution in [2.24, 2.45) is 0 Å². The van der Waals surface area contributed by atoms with E-state index in [-0.39, 0.29) is 5.69 Å². The maximum absolute atomic E-state index is 13.3. The summed E-state index contributed by atoms with van der Waals surface area (Å²) < 4.78 is 26.3. The molecule has 0 bridgehead atoms. The Balaban J connectivity index is 1.57. The van der Waals surface area contributed by atoms with Crippen molar-refractivity contribution < 1.29 is 13.6 Å². The van der Waals surface area contributed by atoms with Crippen LogP contribution in [0.4, 0.5) is 26.0 Å². The lowest BCUT2D eigenvalue weighted by atomic mass is 10.2. The smallest absolute Gasteiger partial charge is 0.255 e. The van der Waals surface area contributed by atoms with E-state index in [4.69, 9.17) is 0 Å². The summed E-state index contributed by atoms with van der Waals surface area (Å²) >= 11 is 0. The van der Waals surface area contributed by atoms with E-state index in [1.807, 2.05) is 30.3 Å². The lowest BCUT2D eigenvalue weighted by Crippen LogP contribution is -2.12. The molecule has 0 spiro atoms. The molecule has 0 fully saturated rings. The second kappa shape index (κ2) is 7.40. The van der Waals surface area contributed by atoms with Crippen molar-refractivity contribution in [2.45, 2.75) is 0 Å². The minimum Gasteiger partial charge on any atom is -0.338 e. The second-order valence-electron chi connectivity index (χ2n) is 6.02. The molecule has 2 N–H and O–H groups in total. The molecule has 0 radical (unpaired) electrons. The van der Waals surface area contributed by atoms with Gasteiger partial charge >= 0.3 is 0 Å². The fraction of sp³-hybridized carbons (Fsp3) is 0. The average Bonchev–Trinajstić information content (AvgIpc) is 2.71. The van der Waals surface area contributed by atoms with Crippen LogP contribution in [0.3, 0.4) is 0 Å². The van der Waals surface area contributed by atoms with Gasteiger partial charge in [-0.25, -0.2) is 13.8 Å². The summed E-state index contributed by atoms with van der Waals surface area (Å²) in [6, 6.07) is 15.8. The molecule has 0 aliphatic carbocycles. The number of nitrogens with zero attached hydrogens (tertiary/aromatic N) is 2. The van der Waals surface area contributed by atoms with Crippen LogP contribution < -0.4 is 10.6 Å². The first-order valence-corrected chi connectivity index (χ1v) is 8.43. The predicted octanol–water partition coefficient (Wildman–Crippen LogP) is 4.90. The fourth-order valence-corrected chi connectivity index (χ4v) is 2.76. The summed E-state index contributed by atoms with van der Waals surface area (Å²) in [5.74, 6) is -2.01. The van der Waals surface area contributed by atoms with Gasteiger partial charge in [0.2, 0.25) is 0 Å². The van der Waals surface area contributed by atoms with E-state index in [1.54, 1.807) is 12.3 Å². The highest BCUT2D eigenvalue weighted by atomic mass is 19.2. The third-order valence-corrected chi connectivity index (χ3v) is 4.10. The Kier molecular flexibility index (Phi) is 4.63. The van der Waals surface area contributed by atoms with Crippen LogP contribution in [0, 0.1) is 11.6 Å². The first kappa shape index (κ1) is 17.5. The molecule has 0 unspecified atom stereocenters. The van der Waals surface area contributed by atoms with E-state index in [2.05, 4.69) is 20.6 Å². The Hall–Kier alpha value is -3.87. The van der Waals surface area contributed by atoms with Crippen molar-refractivity contribution in [3.8, 4) is 0 Å². The highest BCUT2D eigenvalue weighted by Crippen LogP contribution is 2.24. The number of anilines is 3. The van der Waals surface area contributed by atoms with Gasteiger partial charge in [-0.15, -0.1) is 0 Å². The van der Waals surface area contributed by atoms with Gasteiger partial charge in [-0.2, -0.15) is 0 Å². The van der Waals surface area contributed by atoms with Crippen LogP contribution >= 0.6 is 0 Å². The Morgan fingerprint density at radius 3 is 2.57 bits per heavy atom. The molecule has 1 amide bonds. The molecule has 7 heteroatoms. The van der Waals surface area contributed by atoms with Crippen LogP contribution in [0.15, 0.2) is 73.1 Å². The number of carbonyl (C=O) groups is 1. The molecule has 4 aromatic rings. The van der Waals surface area contributed by atoms with Gasteiger partial charge in [0.1, 0.15) is 5.82 Å². The molecule has 138 valence electrons. The van der Waals surface area contributed by atoms with E-state index >= 15 is 0 Å². The number of pyridine rings is 2. The summed E-state index contributed by atoms with van der Waals surface area (Å²) in [5, 5.41) is 6.66. The van der Waals surface area contributed by atoms with Gasteiger partial charge in [0, 0.05) is 35.1 Å². The minimum atomic E-state index is -1.03. The Morgan fingerprint density at radius 2 is 1.71 bits per heavy atom. The molecule has 5 nitrogen and oxygen atoms in total. The molecular formula is C21H14F2N4O. The zero-order chi connectivity index (χ0) is 19.5. The first-order valence-electron chi connectivity index (χ1n) is 8.43. The van der Waals surface area contributed by atoms with Crippen LogP contribution in [0.2, 0.25) is 0 Å². The third-order valence-electron chi connectivity index (χ3n) is 4.10. The summed E-state index contributed by atoms with van der Waals surface area (Å²) in [6.07, 6.45) is 3.19. The van der Waals surface area contributed by atoms with Crippen molar-refractivity contribution in [1.29, 1.82) is 0 Å². The van der Waals surface area contributed by atoms with Gasteiger partial charge in [0.15, 0.2) is 11.6 Å². The van der Waals surface area contributed by atoms with E-state index in [9.17, 15) is 13.6 Å². The topological polar surface area (TPSA) is 66.9 Å². The minimum absolute atomic E-state index is 0.161. The number of amides is 1. The molecule has 4 rings (SSSR count). The second-order valence-corrected chi connectivity index (χ2v) is 6.02. The van der Waals surface area contributed by atoms with Crippen molar-refractivity contribution in [1.82, 2.24) is 9.97 Å². The lowest BCUT2D eigenvalue weighted by Gasteiger charge is -2.10. The van der Waals surface area contributed by atoms with Crippen LogP contribution in [0.1, 0.15) is 10.4 Å². The number of rotatable bonds is 4. The maximum atomic E-state index is 13.3. The summed E-state index contributed by atoms with van der Waals surface area (Å²) in [4.78, 5) is 21.0. The largest absolute Gasteiger partial charge is 0.338 e. The van der Waals surface area contributed by atoms with Crippen LogP contribution in [0.5, 0.6) is 0 Å². The standard InChI is InChI=1S/C21H14F2N4O/c22-16-7-6-15(12-17(16)23)26-21(28)14-8-10-24-19(11-14)27-18-5-1-3-13-4-2-9-25-20(13)18/h1-12H,(H,24,27)(H,26,28). The molecule has 2 heterocycles. The molecule has 0 aliphatic heterocycles. The molecular weight excluding hydrogens is 362 g/mol. The molecule has 0 atom stereocenters. The fourth-order valence-electron chi connectivity index (χ4n) is 2.76. The lowest BCUT2D eigenvalue weighted by molar-refractivity contribution is 0.102. The number of benzene rings is 2. The summed E-state index contributed by atoms with van der Waals surface area (Å²) in [5.41, 5.74) is 2.01. The van der Waals surface area contributed by atoms with Gasteiger partial charge in [0.25, 0.3) is 5.91 Å². The van der Waals surface area contributed by atoms with Gasteiger partial charge in [-0.3, -0.25) is 9.78 Å². The number of carbonyl (C=O) groups excluding carboxylic acids is 1. The van der Waals surface area contributed by atoms with Crippen molar-refractivity contribution in [2.75, 3.05) is 10.6 Å². The van der Waals surface area contributed by atoms with Crippen LogP contribution in [-0.2, 0) is 0 Å². The molecule has 28 heavy (non-hydrogen) atoms. The van der Waals surface area contributed by atoms with E-state index in [0.717, 1.165) is 28.7 Å². The zero-order valence-electron chi connectivity index (χ0n) is 14.5. The maximum Gasteiger partial charge on any atom is 0.255 e. The normalized spacial score (nSPS) is 10.6. The van der Waals surface area contributed by atoms with Gasteiger partial charge < -0.3 is 10.6 Å². The number of halogens is 2. The van der Waals surface area contributed by atoms with E-state index in [0.29, 0.717) is 11.4 Å². The highest BCUT2D eigenvalue weighted by molar-refractivity contribution is 6.04. The molecule has 0 aliphatic rings. The third kappa shape index (κ3) is 3.64. The Bertz CT molecular complexity index is 1170. The number of para-hydroxylation sites is 1. The monoisotopic (exact) mass is 376 g/mol. The quantitative estimate of drug-likeness (QED) is 0.531. The van der Waals surface area contributed by atoms with Crippen molar-refractivity contribution in [3.63, 3.8) is 0 Å². The number of aromatic nitrogens is 2. The Labute approximate surface area is 159 Å². The number of fused-ring (bicyclic) bond motifs is 1. The van der Waals surface area contributed by atoms with Gasteiger partial charge in [-0.1, -0.05) is 18.2 Å². The summed E-state index contributed by atoms with van der Waals surface area (Å²) in [6.45, 7) is 0. The molecule has 2 aromatic heterocycles. The van der Waals surface area contributed by atoms with E-state index < -0.39 is 17.5 Å². The zero-order valence-corrected chi connectivity index (χ0v) is 14.5. The summed E-state index contributed by atoms with van der Waals surface area (Å²) in [7, 11) is 0. The molecule has 0 saturated carbocycles.